The molecule has 0 saturated carbocycles. The Bertz CT molecular complexity index is 657. The molecule has 0 fully saturated rings. The normalized spacial score (nSPS) is 16.8. The number of methoxy groups -OCH3 is 1. The van der Waals surface area contributed by atoms with Crippen molar-refractivity contribution in [3.05, 3.63) is 47.5 Å². The van der Waals surface area contributed by atoms with Crippen LogP contribution in [-0.4, -0.2) is 47.5 Å². The molecule has 2 aromatic rings. The van der Waals surface area contributed by atoms with E-state index < -0.39 is 0 Å². The third kappa shape index (κ3) is 3.75. The maximum atomic E-state index is 12.1. The minimum Gasteiger partial charge on any atom is -0.383 e. The van der Waals surface area contributed by atoms with E-state index in [0.29, 0.717) is 32.0 Å². The number of hydrogen-bond donors (Lipinski definition) is 1. The van der Waals surface area contributed by atoms with Gasteiger partial charge in [-0.1, -0.05) is 6.07 Å². The number of rotatable bonds is 6. The summed E-state index contributed by atoms with van der Waals surface area (Å²) in [6.07, 6.45) is 4.24. The van der Waals surface area contributed by atoms with Crippen LogP contribution in [0.2, 0.25) is 0 Å². The smallest absolute Gasteiger partial charge is 0.269 e. The first-order valence-electron chi connectivity index (χ1n) is 7.64. The summed E-state index contributed by atoms with van der Waals surface area (Å²) in [6.45, 7) is 2.33. The molecule has 0 aromatic carbocycles. The number of hydrogen-bond acceptors (Lipinski definition) is 5. The molecule has 1 unspecified atom stereocenters. The van der Waals surface area contributed by atoms with E-state index in [0.717, 1.165) is 12.1 Å². The molecule has 122 valence electrons. The first-order chi connectivity index (χ1) is 11.3. The van der Waals surface area contributed by atoms with Gasteiger partial charge in [-0.25, -0.2) is 0 Å². The van der Waals surface area contributed by atoms with E-state index in [-0.39, 0.29) is 12.0 Å². The van der Waals surface area contributed by atoms with Crippen molar-refractivity contribution in [3.63, 3.8) is 0 Å². The molecule has 23 heavy (non-hydrogen) atoms. The van der Waals surface area contributed by atoms with Crippen LogP contribution < -0.4 is 5.32 Å². The molecule has 7 heteroatoms. The Hall–Kier alpha value is -2.25. The second kappa shape index (κ2) is 7.34. The van der Waals surface area contributed by atoms with Crippen molar-refractivity contribution in [2.45, 2.75) is 19.1 Å². The number of fused-ring (bicyclic) bond motifs is 1. The fraction of sp³-hybridized carbons (Fsp3) is 0.438. The van der Waals surface area contributed by atoms with Crippen LogP contribution >= 0.6 is 0 Å². The zero-order chi connectivity index (χ0) is 16.1. The fourth-order valence-corrected chi connectivity index (χ4v) is 2.56. The standard InChI is InChI=1S/C16H20N4O3/c1-22-9-7-20-11-12-5-8-23-14(15(12)19-20)10-18-16(21)13-4-2-3-6-17-13/h2-4,6,11,14H,5,7-10H2,1H3,(H,18,21). The van der Waals surface area contributed by atoms with Crippen molar-refractivity contribution in [2.75, 3.05) is 26.9 Å². The number of ether oxygens (including phenoxy) is 2. The summed E-state index contributed by atoms with van der Waals surface area (Å²) in [5.41, 5.74) is 2.47. The molecule has 0 saturated heterocycles. The van der Waals surface area contributed by atoms with Crippen LogP contribution in [0, 0.1) is 0 Å². The molecule has 3 rings (SSSR count). The highest BCUT2D eigenvalue weighted by Gasteiger charge is 2.25. The summed E-state index contributed by atoms with van der Waals surface area (Å²) < 4.78 is 12.7. The number of carbonyl (C=O) groups excluding carboxylic acids is 1. The third-order valence-corrected chi connectivity index (χ3v) is 3.74. The predicted molar refractivity (Wildman–Crippen MR) is 83.1 cm³/mol. The fourth-order valence-electron chi connectivity index (χ4n) is 2.56. The van der Waals surface area contributed by atoms with Gasteiger partial charge in [0.2, 0.25) is 0 Å². The number of amides is 1. The Morgan fingerprint density at radius 3 is 3.22 bits per heavy atom. The molecule has 0 bridgehead atoms. The molecule has 3 heterocycles. The van der Waals surface area contributed by atoms with E-state index in [4.69, 9.17) is 9.47 Å². The lowest BCUT2D eigenvalue weighted by Gasteiger charge is -2.22. The summed E-state index contributed by atoms with van der Waals surface area (Å²) in [5.74, 6) is -0.208. The molecule has 0 spiro atoms. The lowest BCUT2D eigenvalue weighted by molar-refractivity contribution is 0.0382. The minimum absolute atomic E-state index is 0.208. The lowest BCUT2D eigenvalue weighted by atomic mass is 10.1. The van der Waals surface area contributed by atoms with Gasteiger partial charge in [-0.2, -0.15) is 5.10 Å². The molecule has 0 radical (unpaired) electrons. The van der Waals surface area contributed by atoms with E-state index in [1.54, 1.807) is 31.5 Å². The van der Waals surface area contributed by atoms with Crippen LogP contribution in [0.1, 0.15) is 27.8 Å². The van der Waals surface area contributed by atoms with E-state index in [1.807, 2.05) is 10.9 Å². The number of carbonyl (C=O) groups is 1. The number of pyridine rings is 1. The van der Waals surface area contributed by atoms with Gasteiger partial charge < -0.3 is 14.8 Å². The summed E-state index contributed by atoms with van der Waals surface area (Å²) in [7, 11) is 1.67. The average Bonchev–Trinajstić information content (AvgIpc) is 3.02. The largest absolute Gasteiger partial charge is 0.383 e. The van der Waals surface area contributed by atoms with Gasteiger partial charge in [0.05, 0.1) is 25.5 Å². The Kier molecular flexibility index (Phi) is 4.99. The summed E-state index contributed by atoms with van der Waals surface area (Å²) in [6, 6.07) is 5.25. The Morgan fingerprint density at radius 2 is 2.43 bits per heavy atom. The topological polar surface area (TPSA) is 78.3 Å². The SMILES string of the molecule is COCCn1cc2c(n1)C(CNC(=O)c1ccccn1)OCC2. The van der Waals surface area contributed by atoms with Gasteiger partial charge in [0, 0.05) is 26.0 Å². The molecule has 2 aromatic heterocycles. The lowest BCUT2D eigenvalue weighted by Crippen LogP contribution is -2.32. The van der Waals surface area contributed by atoms with E-state index >= 15 is 0 Å². The molecule has 1 aliphatic heterocycles. The highest BCUT2D eigenvalue weighted by molar-refractivity contribution is 5.92. The average molecular weight is 316 g/mol. The second-order valence-electron chi connectivity index (χ2n) is 5.33. The number of aromatic nitrogens is 3. The highest BCUT2D eigenvalue weighted by Crippen LogP contribution is 2.25. The van der Waals surface area contributed by atoms with Crippen molar-refractivity contribution in [3.8, 4) is 0 Å². The molecule has 1 aliphatic rings. The minimum atomic E-state index is -0.227. The van der Waals surface area contributed by atoms with Gasteiger partial charge in [-0.15, -0.1) is 0 Å². The van der Waals surface area contributed by atoms with Crippen LogP contribution in [0.5, 0.6) is 0 Å². The third-order valence-electron chi connectivity index (χ3n) is 3.74. The predicted octanol–water partition coefficient (Wildman–Crippen LogP) is 0.968. The zero-order valence-electron chi connectivity index (χ0n) is 13.1. The zero-order valence-corrected chi connectivity index (χ0v) is 13.1. The van der Waals surface area contributed by atoms with Crippen molar-refractivity contribution in [2.24, 2.45) is 0 Å². The molecule has 1 N–H and O–H groups in total. The van der Waals surface area contributed by atoms with Crippen LogP contribution in [0.15, 0.2) is 30.6 Å². The quantitative estimate of drug-likeness (QED) is 0.859. The van der Waals surface area contributed by atoms with Crippen molar-refractivity contribution >= 4 is 5.91 Å². The first kappa shape index (κ1) is 15.6. The van der Waals surface area contributed by atoms with Crippen molar-refractivity contribution in [1.29, 1.82) is 0 Å². The second-order valence-corrected chi connectivity index (χ2v) is 5.33. The van der Waals surface area contributed by atoms with Gasteiger partial charge in [-0.3, -0.25) is 14.5 Å². The van der Waals surface area contributed by atoms with E-state index in [2.05, 4.69) is 15.4 Å². The maximum absolute atomic E-state index is 12.1. The molecule has 1 atom stereocenters. The molecule has 7 nitrogen and oxygen atoms in total. The molecule has 0 aliphatic carbocycles. The Morgan fingerprint density at radius 1 is 1.52 bits per heavy atom. The van der Waals surface area contributed by atoms with Gasteiger partial charge >= 0.3 is 0 Å². The first-order valence-corrected chi connectivity index (χ1v) is 7.64. The maximum Gasteiger partial charge on any atom is 0.269 e. The summed E-state index contributed by atoms with van der Waals surface area (Å²) in [5, 5.41) is 7.43. The number of nitrogens with one attached hydrogen (secondary N) is 1. The Balaban J connectivity index is 1.64. The van der Waals surface area contributed by atoms with E-state index in [1.165, 1.54) is 5.56 Å². The molecular weight excluding hydrogens is 296 g/mol. The van der Waals surface area contributed by atoms with Crippen LogP contribution in [0.3, 0.4) is 0 Å². The van der Waals surface area contributed by atoms with Gasteiger partial charge in [-0.05, 0) is 24.1 Å². The Labute approximate surface area is 134 Å². The number of nitrogens with zero attached hydrogens (tertiary/aromatic N) is 3. The summed E-state index contributed by atoms with van der Waals surface area (Å²) >= 11 is 0. The van der Waals surface area contributed by atoms with Gasteiger partial charge in [0.15, 0.2) is 0 Å². The van der Waals surface area contributed by atoms with Crippen molar-refractivity contribution in [1.82, 2.24) is 20.1 Å². The van der Waals surface area contributed by atoms with Gasteiger partial charge in [0.1, 0.15) is 11.8 Å². The monoisotopic (exact) mass is 316 g/mol. The molecular formula is C16H20N4O3. The van der Waals surface area contributed by atoms with Crippen LogP contribution in [0.25, 0.3) is 0 Å². The highest BCUT2D eigenvalue weighted by atomic mass is 16.5. The van der Waals surface area contributed by atoms with Gasteiger partial charge in [0.25, 0.3) is 5.91 Å². The van der Waals surface area contributed by atoms with Crippen LogP contribution in [-0.2, 0) is 22.4 Å². The molecule has 1 amide bonds. The van der Waals surface area contributed by atoms with E-state index in [9.17, 15) is 4.79 Å². The van der Waals surface area contributed by atoms with Crippen molar-refractivity contribution < 1.29 is 14.3 Å². The van der Waals surface area contributed by atoms with Crippen LogP contribution in [0.4, 0.5) is 0 Å². The summed E-state index contributed by atoms with van der Waals surface area (Å²) in [4.78, 5) is 16.1.